The molecule has 0 unspecified atom stereocenters. The molecule has 1 saturated heterocycles. The number of nitrogens with zero attached hydrogens (tertiary/aromatic N) is 2. The van der Waals surface area contributed by atoms with Gasteiger partial charge in [-0.05, 0) is 60.0 Å². The highest BCUT2D eigenvalue weighted by Crippen LogP contribution is 2.40. The molecule has 3 nitrogen and oxygen atoms in total. The van der Waals surface area contributed by atoms with E-state index >= 15 is 0 Å². The van der Waals surface area contributed by atoms with Crippen molar-refractivity contribution in [3.05, 3.63) is 72.4 Å². The Hall–Kier alpha value is -1.95. The number of morpholine rings is 1. The first-order valence-electron chi connectivity index (χ1n) is 11.0. The first-order valence-corrected chi connectivity index (χ1v) is 12.7. The molecular formula is C26H32N2OS2. The van der Waals surface area contributed by atoms with Crippen LogP contribution in [-0.4, -0.2) is 31.3 Å². The minimum atomic E-state index is 0.505. The van der Waals surface area contributed by atoms with Crippen molar-refractivity contribution in [1.29, 1.82) is 0 Å². The molecule has 0 radical (unpaired) electrons. The van der Waals surface area contributed by atoms with Gasteiger partial charge < -0.3 is 9.64 Å². The number of rotatable bonds is 6. The van der Waals surface area contributed by atoms with Gasteiger partial charge in [0.2, 0.25) is 0 Å². The fourth-order valence-corrected chi connectivity index (χ4v) is 5.16. The second kappa shape index (κ2) is 12.2. The zero-order valence-corrected chi connectivity index (χ0v) is 20.5. The van der Waals surface area contributed by atoms with Gasteiger partial charge in [-0.25, -0.2) is 4.98 Å². The summed E-state index contributed by atoms with van der Waals surface area (Å²) in [5, 5.41) is 1.03. The molecule has 0 saturated carbocycles. The Morgan fingerprint density at radius 2 is 1.61 bits per heavy atom. The van der Waals surface area contributed by atoms with Crippen molar-refractivity contribution in [3.8, 4) is 0 Å². The number of benzene rings is 2. The van der Waals surface area contributed by atoms with E-state index in [0.29, 0.717) is 5.92 Å². The Morgan fingerprint density at radius 1 is 0.871 bits per heavy atom. The van der Waals surface area contributed by atoms with E-state index in [1.54, 1.807) is 11.8 Å². The molecule has 5 heteroatoms. The molecule has 3 aromatic rings. The van der Waals surface area contributed by atoms with Gasteiger partial charge in [-0.1, -0.05) is 63.4 Å². The van der Waals surface area contributed by atoms with Crippen molar-refractivity contribution < 1.29 is 4.74 Å². The van der Waals surface area contributed by atoms with Gasteiger partial charge in [0.15, 0.2) is 0 Å². The predicted molar refractivity (Wildman–Crippen MR) is 134 cm³/mol. The van der Waals surface area contributed by atoms with Crippen molar-refractivity contribution in [2.45, 2.75) is 53.3 Å². The zero-order chi connectivity index (χ0) is 22.1. The number of anilines is 1. The fraction of sp³-hybridized carbons (Fsp3) is 0.346. The molecule has 0 bridgehead atoms. The summed E-state index contributed by atoms with van der Waals surface area (Å²) in [6.07, 6.45) is 1.85. The Bertz CT molecular complexity index is 924. The van der Waals surface area contributed by atoms with Gasteiger partial charge in [-0.2, -0.15) is 0 Å². The molecule has 1 aliphatic heterocycles. The van der Waals surface area contributed by atoms with Crippen LogP contribution in [0.1, 0.15) is 39.2 Å². The van der Waals surface area contributed by atoms with Crippen LogP contribution in [0.25, 0.3) is 0 Å². The largest absolute Gasteiger partial charge is 0.378 e. The van der Waals surface area contributed by atoms with E-state index in [9.17, 15) is 0 Å². The molecule has 2 heterocycles. The molecule has 0 spiro atoms. The number of ether oxygens (including phenoxy) is 1. The quantitative estimate of drug-likeness (QED) is 0.389. The monoisotopic (exact) mass is 452 g/mol. The van der Waals surface area contributed by atoms with Gasteiger partial charge in [0.05, 0.1) is 13.2 Å². The second-order valence-electron chi connectivity index (χ2n) is 7.33. The van der Waals surface area contributed by atoms with Crippen LogP contribution in [0.4, 0.5) is 5.69 Å². The lowest BCUT2D eigenvalue weighted by Crippen LogP contribution is -2.36. The lowest BCUT2D eigenvalue weighted by Gasteiger charge is -2.28. The van der Waals surface area contributed by atoms with Gasteiger partial charge in [-0.3, -0.25) is 0 Å². The third-order valence-electron chi connectivity index (χ3n) is 4.93. The van der Waals surface area contributed by atoms with Gasteiger partial charge in [0, 0.05) is 39.7 Å². The molecular weight excluding hydrogens is 420 g/mol. The fourth-order valence-electron chi connectivity index (χ4n) is 3.24. The summed E-state index contributed by atoms with van der Waals surface area (Å²) in [7, 11) is 0. The average Bonchev–Trinajstić information content (AvgIpc) is 2.83. The van der Waals surface area contributed by atoms with Crippen molar-refractivity contribution in [2.24, 2.45) is 0 Å². The highest BCUT2D eigenvalue weighted by atomic mass is 32.2. The normalized spacial score (nSPS) is 13.6. The summed E-state index contributed by atoms with van der Waals surface area (Å²) in [6.45, 7) is 12.0. The van der Waals surface area contributed by atoms with E-state index in [1.165, 1.54) is 25.9 Å². The van der Waals surface area contributed by atoms with E-state index < -0.39 is 0 Å². The predicted octanol–water partition coefficient (Wildman–Crippen LogP) is 7.37. The van der Waals surface area contributed by atoms with Crippen LogP contribution in [0.3, 0.4) is 0 Å². The molecule has 31 heavy (non-hydrogen) atoms. The van der Waals surface area contributed by atoms with Crippen molar-refractivity contribution >= 4 is 29.2 Å². The molecule has 1 aliphatic rings. The van der Waals surface area contributed by atoms with E-state index in [2.05, 4.69) is 72.3 Å². The molecule has 0 atom stereocenters. The van der Waals surface area contributed by atoms with Crippen LogP contribution in [-0.2, 0) is 4.74 Å². The Balaban J connectivity index is 0.00000132. The lowest BCUT2D eigenvalue weighted by molar-refractivity contribution is 0.122. The topological polar surface area (TPSA) is 25.4 Å². The van der Waals surface area contributed by atoms with Crippen LogP contribution in [0.5, 0.6) is 0 Å². The van der Waals surface area contributed by atoms with Crippen LogP contribution < -0.4 is 4.90 Å². The molecule has 1 fully saturated rings. The molecule has 4 rings (SSSR count). The number of pyridine rings is 1. The first kappa shape index (κ1) is 23.7. The Morgan fingerprint density at radius 3 is 2.26 bits per heavy atom. The molecule has 2 aromatic carbocycles. The van der Waals surface area contributed by atoms with Crippen molar-refractivity contribution in [3.63, 3.8) is 0 Å². The minimum absolute atomic E-state index is 0.505. The highest BCUT2D eigenvalue weighted by Gasteiger charge is 2.13. The average molecular weight is 453 g/mol. The van der Waals surface area contributed by atoms with Gasteiger partial charge >= 0.3 is 0 Å². The SMILES string of the molecule is CC.CC(C)c1ccc(Sc2ccc(N3CCOCC3)cc2)c(Sc2ccccn2)c1. The van der Waals surface area contributed by atoms with E-state index in [4.69, 9.17) is 4.74 Å². The third-order valence-corrected chi connectivity index (χ3v) is 7.15. The second-order valence-corrected chi connectivity index (χ2v) is 9.50. The van der Waals surface area contributed by atoms with Crippen molar-refractivity contribution in [2.75, 3.05) is 31.2 Å². The third kappa shape index (κ3) is 6.76. The van der Waals surface area contributed by atoms with Gasteiger partial charge in [0.25, 0.3) is 0 Å². The van der Waals surface area contributed by atoms with Crippen LogP contribution in [0, 0.1) is 0 Å². The van der Waals surface area contributed by atoms with Gasteiger partial charge in [-0.15, -0.1) is 0 Å². The van der Waals surface area contributed by atoms with E-state index in [0.717, 1.165) is 31.3 Å². The summed E-state index contributed by atoms with van der Waals surface area (Å²) in [6, 6.07) is 21.8. The van der Waals surface area contributed by atoms with Crippen LogP contribution in [0.2, 0.25) is 0 Å². The molecule has 0 amide bonds. The van der Waals surface area contributed by atoms with Crippen LogP contribution in [0.15, 0.2) is 86.6 Å². The molecule has 0 N–H and O–H groups in total. The van der Waals surface area contributed by atoms with Gasteiger partial charge in [0.1, 0.15) is 5.03 Å². The summed E-state index contributed by atoms with van der Waals surface area (Å²) in [5.74, 6) is 0.505. The standard InChI is InChI=1S/C24H26N2OS2.C2H6/c1-18(2)19-6-11-22(23(17-19)29-24-5-3-4-12-25-24)28-21-9-7-20(8-10-21)26-13-15-27-16-14-26;1-2/h3-12,17-18H,13-16H2,1-2H3;1-2H3. The molecule has 164 valence electrons. The molecule has 1 aromatic heterocycles. The summed E-state index contributed by atoms with van der Waals surface area (Å²) >= 11 is 3.55. The zero-order valence-electron chi connectivity index (χ0n) is 18.9. The Labute approximate surface area is 195 Å². The summed E-state index contributed by atoms with van der Waals surface area (Å²) < 4.78 is 5.46. The minimum Gasteiger partial charge on any atom is -0.378 e. The highest BCUT2D eigenvalue weighted by molar-refractivity contribution is 8.02. The first-order chi connectivity index (χ1) is 15.2. The maximum absolute atomic E-state index is 5.46. The summed E-state index contributed by atoms with van der Waals surface area (Å²) in [5.41, 5.74) is 2.63. The smallest absolute Gasteiger partial charge is 0.101 e. The number of hydrogen-bond acceptors (Lipinski definition) is 5. The maximum atomic E-state index is 5.46. The number of hydrogen-bond donors (Lipinski definition) is 0. The van der Waals surface area contributed by atoms with E-state index in [1.807, 2.05) is 43.9 Å². The Kier molecular flexibility index (Phi) is 9.31. The summed E-state index contributed by atoms with van der Waals surface area (Å²) in [4.78, 5) is 10.7. The lowest BCUT2D eigenvalue weighted by atomic mass is 10.0. The number of aromatic nitrogens is 1. The molecule has 0 aliphatic carbocycles. The van der Waals surface area contributed by atoms with Crippen molar-refractivity contribution in [1.82, 2.24) is 4.98 Å². The van der Waals surface area contributed by atoms with E-state index in [-0.39, 0.29) is 0 Å². The van der Waals surface area contributed by atoms with Crippen LogP contribution >= 0.6 is 23.5 Å². The maximum Gasteiger partial charge on any atom is 0.101 e.